The van der Waals surface area contributed by atoms with Crippen molar-refractivity contribution in [3.8, 4) is 5.88 Å². The van der Waals surface area contributed by atoms with Gasteiger partial charge in [0, 0.05) is 28.5 Å². The van der Waals surface area contributed by atoms with Gasteiger partial charge in [-0.3, -0.25) is 0 Å². The number of nitrogens with zero attached hydrogens (tertiary/aromatic N) is 1. The molecule has 118 valence electrons. The molecule has 0 unspecified atom stereocenters. The number of halogens is 1. The average molecular weight is 385 g/mol. The first-order valence-corrected chi connectivity index (χ1v) is 9.16. The van der Waals surface area contributed by atoms with Gasteiger partial charge in [0.2, 0.25) is 5.88 Å². The molecule has 1 aromatic heterocycles. The minimum absolute atomic E-state index is 0.0979. The highest BCUT2D eigenvalue weighted by atomic mass is 79.9. The van der Waals surface area contributed by atoms with Gasteiger partial charge in [-0.25, -0.2) is 13.4 Å². The lowest BCUT2D eigenvalue weighted by Gasteiger charge is -2.10. The molecule has 0 saturated heterocycles. The molecule has 0 aliphatic rings. The fraction of sp³-hybridized carbons (Fsp3) is 0.267. The van der Waals surface area contributed by atoms with Crippen molar-refractivity contribution in [1.29, 1.82) is 0 Å². The van der Waals surface area contributed by atoms with Gasteiger partial charge in [-0.1, -0.05) is 6.92 Å². The molecule has 0 fully saturated rings. The summed E-state index contributed by atoms with van der Waals surface area (Å²) in [6.45, 7) is 2.16. The highest BCUT2D eigenvalue weighted by Gasteiger charge is 2.11. The molecule has 0 amide bonds. The fourth-order valence-electron chi connectivity index (χ4n) is 1.92. The third-order valence-corrected chi connectivity index (χ3v) is 5.35. The Morgan fingerprint density at radius 1 is 1.27 bits per heavy atom. The van der Waals surface area contributed by atoms with Crippen LogP contribution in [0.2, 0.25) is 0 Å². The highest BCUT2D eigenvalue weighted by molar-refractivity contribution is 9.10. The summed E-state index contributed by atoms with van der Waals surface area (Å²) in [6.07, 6.45) is 1.67. The Kier molecular flexibility index (Phi) is 5.42. The summed E-state index contributed by atoms with van der Waals surface area (Å²) in [5.41, 5.74) is 1.74. The molecule has 0 spiro atoms. The molecule has 2 rings (SSSR count). The van der Waals surface area contributed by atoms with Gasteiger partial charge in [0.25, 0.3) is 0 Å². The van der Waals surface area contributed by atoms with Gasteiger partial charge >= 0.3 is 0 Å². The molecular weight excluding hydrogens is 368 g/mol. The van der Waals surface area contributed by atoms with Gasteiger partial charge in [-0.05, 0) is 46.3 Å². The number of benzene rings is 1. The number of nitrogens with one attached hydrogen (secondary N) is 1. The maximum Gasteiger partial charge on any atom is 0.218 e. The van der Waals surface area contributed by atoms with E-state index in [1.165, 1.54) is 0 Å². The van der Waals surface area contributed by atoms with Crippen molar-refractivity contribution in [2.75, 3.05) is 18.2 Å². The molecule has 0 aliphatic heterocycles. The first-order valence-electron chi connectivity index (χ1n) is 6.71. The van der Waals surface area contributed by atoms with Crippen molar-refractivity contribution in [2.45, 2.75) is 18.4 Å². The van der Waals surface area contributed by atoms with Crippen LogP contribution in [-0.2, 0) is 16.4 Å². The molecule has 0 saturated carbocycles. The minimum Gasteiger partial charge on any atom is -0.481 e. The Morgan fingerprint density at radius 2 is 1.95 bits per heavy atom. The quantitative estimate of drug-likeness (QED) is 0.827. The van der Waals surface area contributed by atoms with Gasteiger partial charge in [-0.2, -0.15) is 0 Å². The van der Waals surface area contributed by atoms with Crippen LogP contribution >= 0.6 is 15.9 Å². The Morgan fingerprint density at radius 3 is 2.55 bits per heavy atom. The van der Waals surface area contributed by atoms with E-state index in [-0.39, 0.29) is 5.75 Å². The molecule has 1 aromatic carbocycles. The molecule has 1 heterocycles. The number of aromatic nitrogens is 1. The minimum atomic E-state index is -3.16. The van der Waals surface area contributed by atoms with E-state index in [2.05, 4.69) is 26.2 Å². The van der Waals surface area contributed by atoms with Crippen molar-refractivity contribution in [3.05, 3.63) is 46.6 Å². The third kappa shape index (κ3) is 3.98. The van der Waals surface area contributed by atoms with Crippen LogP contribution in [0.1, 0.15) is 12.5 Å². The van der Waals surface area contributed by atoms with Crippen LogP contribution in [0.4, 0.5) is 5.69 Å². The zero-order valence-electron chi connectivity index (χ0n) is 12.3. The number of hydrogen-bond acceptors (Lipinski definition) is 5. The molecule has 0 atom stereocenters. The zero-order valence-corrected chi connectivity index (χ0v) is 14.7. The van der Waals surface area contributed by atoms with E-state index >= 15 is 0 Å². The van der Waals surface area contributed by atoms with E-state index in [4.69, 9.17) is 4.74 Å². The number of ether oxygens (including phenoxy) is 1. The number of sulfone groups is 1. The fourth-order valence-corrected chi connectivity index (χ4v) is 3.19. The average Bonchev–Trinajstić information content (AvgIpc) is 2.53. The zero-order chi connectivity index (χ0) is 16.2. The number of hydrogen-bond donors (Lipinski definition) is 1. The summed E-state index contributed by atoms with van der Waals surface area (Å²) in [4.78, 5) is 4.51. The van der Waals surface area contributed by atoms with Gasteiger partial charge in [-0.15, -0.1) is 0 Å². The molecule has 0 aliphatic carbocycles. The van der Waals surface area contributed by atoms with Crippen LogP contribution in [-0.4, -0.2) is 26.3 Å². The molecule has 5 nitrogen and oxygen atoms in total. The SMILES string of the molecule is CCS(=O)(=O)c1ccc(NCc2cc(Br)cnc2OC)cc1. The lowest BCUT2D eigenvalue weighted by molar-refractivity contribution is 0.393. The summed E-state index contributed by atoms with van der Waals surface area (Å²) >= 11 is 3.38. The van der Waals surface area contributed by atoms with Crippen LogP contribution in [0, 0.1) is 0 Å². The first-order chi connectivity index (χ1) is 10.5. The molecule has 0 bridgehead atoms. The second-order valence-corrected chi connectivity index (χ2v) is 7.80. The van der Waals surface area contributed by atoms with Gasteiger partial charge in [0.1, 0.15) is 0 Å². The predicted octanol–water partition coefficient (Wildman–Crippen LogP) is 3.26. The molecule has 1 N–H and O–H groups in total. The van der Waals surface area contributed by atoms with Crippen LogP contribution < -0.4 is 10.1 Å². The van der Waals surface area contributed by atoms with Crippen LogP contribution in [0.25, 0.3) is 0 Å². The van der Waals surface area contributed by atoms with Gasteiger partial charge in [0.05, 0.1) is 17.8 Å². The molecular formula is C15H17BrN2O3S. The van der Waals surface area contributed by atoms with Gasteiger partial charge < -0.3 is 10.1 Å². The maximum absolute atomic E-state index is 11.8. The van der Waals surface area contributed by atoms with E-state index in [0.717, 1.165) is 15.7 Å². The number of methoxy groups -OCH3 is 1. The number of rotatable bonds is 6. The standard InChI is InChI=1S/C15H17BrN2O3S/c1-3-22(19,20)14-6-4-13(5-7-14)17-9-11-8-12(16)10-18-15(11)21-2/h4-8,10,17H,3,9H2,1-2H3. The Hall–Kier alpha value is -1.60. The second-order valence-electron chi connectivity index (χ2n) is 4.60. The molecule has 0 radical (unpaired) electrons. The lowest BCUT2D eigenvalue weighted by atomic mass is 10.2. The summed E-state index contributed by atoms with van der Waals surface area (Å²) < 4.78 is 29.6. The summed E-state index contributed by atoms with van der Waals surface area (Å²) in [6, 6.07) is 8.64. The van der Waals surface area contributed by atoms with Crippen LogP contribution in [0.3, 0.4) is 0 Å². The van der Waals surface area contributed by atoms with Crippen molar-refractivity contribution < 1.29 is 13.2 Å². The lowest BCUT2D eigenvalue weighted by Crippen LogP contribution is -2.05. The smallest absolute Gasteiger partial charge is 0.218 e. The van der Waals surface area contributed by atoms with E-state index in [1.807, 2.05) is 6.07 Å². The summed E-state index contributed by atoms with van der Waals surface area (Å²) in [5.74, 6) is 0.654. The molecule has 2 aromatic rings. The summed E-state index contributed by atoms with van der Waals surface area (Å²) in [5, 5.41) is 3.22. The topological polar surface area (TPSA) is 68.3 Å². The van der Waals surface area contributed by atoms with E-state index in [1.54, 1.807) is 44.5 Å². The maximum atomic E-state index is 11.8. The molecule has 22 heavy (non-hydrogen) atoms. The van der Waals surface area contributed by atoms with E-state index in [0.29, 0.717) is 17.3 Å². The van der Waals surface area contributed by atoms with E-state index < -0.39 is 9.84 Å². The molecule has 7 heteroatoms. The largest absolute Gasteiger partial charge is 0.481 e. The number of anilines is 1. The van der Waals surface area contributed by atoms with Crippen molar-refractivity contribution in [1.82, 2.24) is 4.98 Å². The Labute approximate surface area is 138 Å². The van der Waals surface area contributed by atoms with Crippen molar-refractivity contribution in [3.63, 3.8) is 0 Å². The van der Waals surface area contributed by atoms with E-state index in [9.17, 15) is 8.42 Å². The van der Waals surface area contributed by atoms with Crippen LogP contribution in [0.5, 0.6) is 5.88 Å². The van der Waals surface area contributed by atoms with Crippen molar-refractivity contribution >= 4 is 31.5 Å². The second kappa shape index (κ2) is 7.11. The number of pyridine rings is 1. The highest BCUT2D eigenvalue weighted by Crippen LogP contribution is 2.21. The van der Waals surface area contributed by atoms with Gasteiger partial charge in [0.15, 0.2) is 9.84 Å². The third-order valence-electron chi connectivity index (χ3n) is 3.16. The monoisotopic (exact) mass is 384 g/mol. The predicted molar refractivity (Wildman–Crippen MR) is 90.0 cm³/mol. The Bertz CT molecular complexity index is 746. The normalized spacial score (nSPS) is 11.2. The summed E-state index contributed by atoms with van der Waals surface area (Å²) in [7, 11) is -1.59. The first kappa shape index (κ1) is 16.8. The van der Waals surface area contributed by atoms with Crippen molar-refractivity contribution in [2.24, 2.45) is 0 Å². The Balaban J connectivity index is 2.11. The van der Waals surface area contributed by atoms with Crippen LogP contribution in [0.15, 0.2) is 45.9 Å².